The molecule has 2 aromatic carbocycles. The second-order valence-corrected chi connectivity index (χ2v) is 6.81. The maximum atomic E-state index is 6.26. The lowest BCUT2D eigenvalue weighted by Gasteiger charge is -2.33. The number of halogens is 1. The minimum absolute atomic E-state index is 0.253. The van der Waals surface area contributed by atoms with E-state index < -0.39 is 0 Å². The lowest BCUT2D eigenvalue weighted by Crippen LogP contribution is -2.46. The van der Waals surface area contributed by atoms with E-state index in [1.54, 1.807) is 14.2 Å². The number of benzene rings is 2. The van der Waals surface area contributed by atoms with Crippen LogP contribution in [0.2, 0.25) is 5.02 Å². The molecule has 2 N–H and O–H groups in total. The molecule has 0 fully saturated rings. The van der Waals surface area contributed by atoms with Gasteiger partial charge in [-0.15, -0.1) is 0 Å². The van der Waals surface area contributed by atoms with Crippen LogP contribution >= 0.6 is 11.6 Å². The van der Waals surface area contributed by atoms with Gasteiger partial charge in [0.15, 0.2) is 17.5 Å². The summed E-state index contributed by atoms with van der Waals surface area (Å²) in [5.41, 5.74) is 10.7. The number of nitrogens with two attached hydrogens (primary N) is 1. The Kier molecular flexibility index (Phi) is 3.96. The third-order valence-electron chi connectivity index (χ3n) is 5.00. The zero-order valence-corrected chi connectivity index (χ0v) is 15.0. The van der Waals surface area contributed by atoms with Crippen LogP contribution in [0, 0.1) is 0 Å². The Morgan fingerprint density at radius 2 is 1.92 bits per heavy atom. The predicted octanol–water partition coefficient (Wildman–Crippen LogP) is 3.29. The van der Waals surface area contributed by atoms with E-state index in [1.165, 1.54) is 11.1 Å². The third-order valence-corrected chi connectivity index (χ3v) is 5.23. The van der Waals surface area contributed by atoms with Gasteiger partial charge in [-0.3, -0.25) is 0 Å². The number of rotatable bonds is 3. The first kappa shape index (κ1) is 16.1. The van der Waals surface area contributed by atoms with E-state index in [4.69, 9.17) is 26.8 Å². The maximum Gasteiger partial charge on any atom is 0.197 e. The highest BCUT2D eigenvalue weighted by Crippen LogP contribution is 2.40. The van der Waals surface area contributed by atoms with E-state index in [1.807, 2.05) is 24.3 Å². The van der Waals surface area contributed by atoms with Gasteiger partial charge >= 0.3 is 0 Å². The first-order valence-electron chi connectivity index (χ1n) is 8.22. The van der Waals surface area contributed by atoms with Crippen LogP contribution in [0.1, 0.15) is 16.7 Å². The summed E-state index contributed by atoms with van der Waals surface area (Å²) in [5, 5.41) is 0.675. The fourth-order valence-electron chi connectivity index (χ4n) is 3.77. The van der Waals surface area contributed by atoms with E-state index in [-0.39, 0.29) is 6.04 Å². The van der Waals surface area contributed by atoms with Crippen molar-refractivity contribution < 1.29 is 9.47 Å². The van der Waals surface area contributed by atoms with Crippen molar-refractivity contribution in [1.82, 2.24) is 4.90 Å². The Hall–Kier alpha value is -2.40. The molecule has 1 heterocycles. The number of hydrogen-bond acceptors (Lipinski definition) is 5. The van der Waals surface area contributed by atoms with Crippen LogP contribution in [0.25, 0.3) is 0 Å². The average Bonchev–Trinajstić information content (AvgIpc) is 3.03. The smallest absolute Gasteiger partial charge is 0.197 e. The maximum absolute atomic E-state index is 6.26. The van der Waals surface area contributed by atoms with Crippen molar-refractivity contribution in [2.75, 3.05) is 14.2 Å². The Labute approximate surface area is 152 Å². The van der Waals surface area contributed by atoms with Crippen LogP contribution in [0.3, 0.4) is 0 Å². The number of nitrogens with zero attached hydrogens (tertiary/aromatic N) is 2. The minimum Gasteiger partial charge on any atom is -0.493 e. The second-order valence-electron chi connectivity index (χ2n) is 6.37. The molecule has 0 saturated heterocycles. The molecule has 0 aromatic heterocycles. The number of hydrogen-bond donors (Lipinski definition) is 1. The van der Waals surface area contributed by atoms with Gasteiger partial charge in [-0.05, 0) is 42.2 Å². The number of methoxy groups -OCH3 is 2. The average molecular weight is 358 g/mol. The summed E-state index contributed by atoms with van der Waals surface area (Å²) in [6.45, 7) is 0.736. The van der Waals surface area contributed by atoms with Gasteiger partial charge < -0.3 is 20.1 Å². The third kappa shape index (κ3) is 2.68. The van der Waals surface area contributed by atoms with Crippen LogP contribution in [0.4, 0.5) is 5.69 Å². The number of fused-ring (bicyclic) bond motifs is 2. The van der Waals surface area contributed by atoms with E-state index >= 15 is 0 Å². The van der Waals surface area contributed by atoms with Gasteiger partial charge in [0.1, 0.15) is 0 Å². The molecule has 0 spiro atoms. The molecule has 130 valence electrons. The quantitative estimate of drug-likeness (QED) is 0.915. The van der Waals surface area contributed by atoms with E-state index in [9.17, 15) is 0 Å². The lowest BCUT2D eigenvalue weighted by molar-refractivity contribution is 0.302. The van der Waals surface area contributed by atoms with Gasteiger partial charge in [0.05, 0.1) is 19.9 Å². The Morgan fingerprint density at radius 3 is 2.68 bits per heavy atom. The fraction of sp³-hybridized carbons (Fsp3) is 0.316. The molecule has 2 aromatic rings. The zero-order valence-electron chi connectivity index (χ0n) is 14.3. The molecule has 0 bridgehead atoms. The summed E-state index contributed by atoms with van der Waals surface area (Å²) in [4.78, 5) is 6.72. The summed E-state index contributed by atoms with van der Waals surface area (Å²) < 4.78 is 11.0. The van der Waals surface area contributed by atoms with Gasteiger partial charge in [-0.1, -0.05) is 23.7 Å². The molecule has 0 saturated carbocycles. The summed E-state index contributed by atoms with van der Waals surface area (Å²) in [5.74, 6) is 2.13. The largest absolute Gasteiger partial charge is 0.493 e. The van der Waals surface area contributed by atoms with Crippen molar-refractivity contribution in [3.8, 4) is 11.5 Å². The molecule has 4 rings (SSSR count). The standard InChI is InChI=1S/C19H20ClN3O2/c1-24-17-6-4-11-7-14(9-15(11)18(17)25-2)23-10-12-3-5-13(20)8-16(12)22-19(23)21/h3-6,8,14H,7,9-10H2,1-2H3,(H2,21,22). The zero-order chi connectivity index (χ0) is 17.6. The minimum atomic E-state index is 0.253. The highest BCUT2D eigenvalue weighted by atomic mass is 35.5. The van der Waals surface area contributed by atoms with Crippen LogP contribution < -0.4 is 15.2 Å². The van der Waals surface area contributed by atoms with Crippen molar-refractivity contribution in [3.05, 3.63) is 52.0 Å². The van der Waals surface area contributed by atoms with Gasteiger partial charge in [0.25, 0.3) is 0 Å². The van der Waals surface area contributed by atoms with Crippen molar-refractivity contribution >= 4 is 23.2 Å². The molecule has 2 aliphatic rings. The molecule has 1 aliphatic heterocycles. The van der Waals surface area contributed by atoms with Crippen LogP contribution in [-0.2, 0) is 19.4 Å². The van der Waals surface area contributed by atoms with Gasteiger partial charge in [0, 0.05) is 23.2 Å². The van der Waals surface area contributed by atoms with Crippen LogP contribution in [0.5, 0.6) is 11.5 Å². The Bertz CT molecular complexity index is 866. The molecule has 1 unspecified atom stereocenters. The van der Waals surface area contributed by atoms with Crippen molar-refractivity contribution in [2.45, 2.75) is 25.4 Å². The molecule has 25 heavy (non-hydrogen) atoms. The van der Waals surface area contributed by atoms with E-state index in [2.05, 4.69) is 16.0 Å². The van der Waals surface area contributed by atoms with Crippen LogP contribution in [-0.4, -0.2) is 31.1 Å². The monoisotopic (exact) mass is 357 g/mol. The van der Waals surface area contributed by atoms with Gasteiger partial charge in [0.2, 0.25) is 0 Å². The summed E-state index contributed by atoms with van der Waals surface area (Å²) >= 11 is 6.06. The van der Waals surface area contributed by atoms with Gasteiger partial charge in [-0.2, -0.15) is 0 Å². The topological polar surface area (TPSA) is 60.1 Å². The van der Waals surface area contributed by atoms with Gasteiger partial charge in [-0.25, -0.2) is 4.99 Å². The predicted molar refractivity (Wildman–Crippen MR) is 99.0 cm³/mol. The number of guanidine groups is 1. The van der Waals surface area contributed by atoms with E-state index in [0.29, 0.717) is 11.0 Å². The molecular formula is C19H20ClN3O2. The molecule has 5 nitrogen and oxygen atoms in total. The van der Waals surface area contributed by atoms with Crippen molar-refractivity contribution in [1.29, 1.82) is 0 Å². The van der Waals surface area contributed by atoms with Crippen molar-refractivity contribution in [2.24, 2.45) is 10.7 Å². The second kappa shape index (κ2) is 6.15. The fourth-order valence-corrected chi connectivity index (χ4v) is 3.94. The SMILES string of the molecule is COc1ccc2c(c1OC)CC(N1Cc3ccc(Cl)cc3N=C1N)C2. The summed E-state index contributed by atoms with van der Waals surface area (Å²) in [6, 6.07) is 10.1. The first-order valence-corrected chi connectivity index (χ1v) is 8.60. The number of aliphatic imine (C=N–C) groups is 1. The molecule has 0 radical (unpaired) electrons. The molecule has 0 amide bonds. The molecule has 1 atom stereocenters. The molecule has 1 aliphatic carbocycles. The summed E-state index contributed by atoms with van der Waals surface area (Å²) in [6.07, 6.45) is 1.77. The lowest BCUT2D eigenvalue weighted by atomic mass is 10.1. The normalized spacial score (nSPS) is 18.4. The molecular weight excluding hydrogens is 338 g/mol. The summed E-state index contributed by atoms with van der Waals surface area (Å²) in [7, 11) is 3.34. The van der Waals surface area contributed by atoms with Crippen LogP contribution in [0.15, 0.2) is 35.3 Å². The first-order chi connectivity index (χ1) is 12.1. The van der Waals surface area contributed by atoms with Crippen molar-refractivity contribution in [3.63, 3.8) is 0 Å². The Morgan fingerprint density at radius 1 is 1.12 bits per heavy atom. The molecule has 6 heteroatoms. The Balaban J connectivity index is 1.64. The van der Waals surface area contributed by atoms with E-state index in [0.717, 1.165) is 42.1 Å². The highest BCUT2D eigenvalue weighted by Gasteiger charge is 2.33. The highest BCUT2D eigenvalue weighted by molar-refractivity contribution is 6.30. The number of ether oxygens (including phenoxy) is 2.